The number of carbonyl (C=O) groups is 2. The van der Waals surface area contributed by atoms with Crippen LogP contribution in [0.15, 0.2) is 35.1 Å². The van der Waals surface area contributed by atoms with Crippen LogP contribution in [0.4, 0.5) is 5.69 Å². The summed E-state index contributed by atoms with van der Waals surface area (Å²) in [6.07, 6.45) is 0.0702. The lowest BCUT2D eigenvalue weighted by Crippen LogP contribution is -2.34. The van der Waals surface area contributed by atoms with Crippen LogP contribution >= 0.6 is 0 Å². The van der Waals surface area contributed by atoms with E-state index in [9.17, 15) is 14.4 Å². The number of aromatic nitrogens is 2. The van der Waals surface area contributed by atoms with Gasteiger partial charge in [-0.05, 0) is 37.1 Å². The zero-order valence-corrected chi connectivity index (χ0v) is 13.0. The Bertz CT molecular complexity index is 826. The Labute approximate surface area is 137 Å². The highest BCUT2D eigenvalue weighted by Crippen LogP contribution is 2.30. The maximum absolute atomic E-state index is 11.9. The SMILES string of the molecule is CC1Oc2ccc(CCNC(=O)c3ccc(=O)[nH]n3)cc2NC1=O. The fourth-order valence-corrected chi connectivity index (χ4v) is 2.29. The van der Waals surface area contributed by atoms with Crippen LogP contribution in [0, 0.1) is 0 Å². The van der Waals surface area contributed by atoms with Crippen LogP contribution in [0.25, 0.3) is 0 Å². The summed E-state index contributed by atoms with van der Waals surface area (Å²) in [5, 5.41) is 11.4. The summed E-state index contributed by atoms with van der Waals surface area (Å²) in [7, 11) is 0. The van der Waals surface area contributed by atoms with E-state index in [0.717, 1.165) is 5.56 Å². The van der Waals surface area contributed by atoms with E-state index in [-0.39, 0.29) is 23.1 Å². The van der Waals surface area contributed by atoms with Crippen LogP contribution in [-0.2, 0) is 11.2 Å². The Morgan fingerprint density at radius 2 is 2.12 bits per heavy atom. The average Bonchev–Trinajstić information content (AvgIpc) is 2.56. The molecule has 3 rings (SSSR count). The van der Waals surface area contributed by atoms with Crippen LogP contribution in [0.2, 0.25) is 0 Å². The van der Waals surface area contributed by atoms with E-state index in [1.54, 1.807) is 13.0 Å². The summed E-state index contributed by atoms with van der Waals surface area (Å²) in [6.45, 7) is 2.08. The predicted molar refractivity (Wildman–Crippen MR) is 86.1 cm³/mol. The lowest BCUT2D eigenvalue weighted by Gasteiger charge is -2.23. The summed E-state index contributed by atoms with van der Waals surface area (Å²) in [5.74, 6) is 0.0825. The molecule has 8 heteroatoms. The third kappa shape index (κ3) is 3.43. The van der Waals surface area contributed by atoms with Gasteiger partial charge in [0.25, 0.3) is 17.4 Å². The summed E-state index contributed by atoms with van der Waals surface area (Å²) < 4.78 is 5.49. The van der Waals surface area contributed by atoms with Crippen LogP contribution < -0.4 is 20.9 Å². The summed E-state index contributed by atoms with van der Waals surface area (Å²) in [5.41, 5.74) is 1.36. The quantitative estimate of drug-likeness (QED) is 0.755. The van der Waals surface area contributed by atoms with Gasteiger partial charge in [0, 0.05) is 12.6 Å². The first-order chi connectivity index (χ1) is 11.5. The summed E-state index contributed by atoms with van der Waals surface area (Å²) >= 11 is 0. The van der Waals surface area contributed by atoms with Gasteiger partial charge >= 0.3 is 0 Å². The monoisotopic (exact) mass is 328 g/mol. The van der Waals surface area contributed by atoms with E-state index in [4.69, 9.17) is 4.74 Å². The van der Waals surface area contributed by atoms with Crippen molar-refractivity contribution in [1.82, 2.24) is 15.5 Å². The third-order valence-electron chi connectivity index (χ3n) is 3.59. The number of H-pyrrole nitrogens is 1. The highest BCUT2D eigenvalue weighted by molar-refractivity contribution is 5.97. The molecule has 1 atom stereocenters. The number of nitrogens with zero attached hydrogens (tertiary/aromatic N) is 1. The molecule has 1 aliphatic heterocycles. The Morgan fingerprint density at radius 3 is 2.88 bits per heavy atom. The second kappa shape index (κ2) is 6.53. The number of rotatable bonds is 4. The van der Waals surface area contributed by atoms with Crippen molar-refractivity contribution in [3.8, 4) is 5.75 Å². The van der Waals surface area contributed by atoms with E-state index in [1.165, 1.54) is 12.1 Å². The van der Waals surface area contributed by atoms with Crippen molar-refractivity contribution in [2.24, 2.45) is 0 Å². The minimum atomic E-state index is -0.507. The van der Waals surface area contributed by atoms with Crippen molar-refractivity contribution in [3.05, 3.63) is 51.9 Å². The highest BCUT2D eigenvalue weighted by Gasteiger charge is 2.23. The molecule has 3 N–H and O–H groups in total. The second-order valence-electron chi connectivity index (χ2n) is 5.39. The minimum Gasteiger partial charge on any atom is -0.479 e. The van der Waals surface area contributed by atoms with Gasteiger partial charge < -0.3 is 15.4 Å². The van der Waals surface area contributed by atoms with Crippen LogP contribution in [0.1, 0.15) is 23.0 Å². The summed E-state index contributed by atoms with van der Waals surface area (Å²) in [4.78, 5) is 34.4. The molecule has 2 aromatic rings. The predicted octanol–water partition coefficient (Wildman–Crippen LogP) is 0.462. The molecule has 0 aliphatic carbocycles. The maximum atomic E-state index is 11.9. The van der Waals surface area contributed by atoms with Crippen LogP contribution in [0.3, 0.4) is 0 Å². The van der Waals surface area contributed by atoms with Crippen molar-refractivity contribution in [1.29, 1.82) is 0 Å². The number of carbonyl (C=O) groups excluding carboxylic acids is 2. The molecule has 0 fully saturated rings. The Kier molecular flexibility index (Phi) is 4.28. The molecule has 0 spiro atoms. The molecule has 0 bridgehead atoms. The molecular weight excluding hydrogens is 312 g/mol. The Morgan fingerprint density at radius 1 is 1.29 bits per heavy atom. The maximum Gasteiger partial charge on any atom is 0.271 e. The average molecular weight is 328 g/mol. The lowest BCUT2D eigenvalue weighted by molar-refractivity contribution is -0.122. The van der Waals surface area contributed by atoms with Gasteiger partial charge in [-0.15, -0.1) is 0 Å². The molecule has 24 heavy (non-hydrogen) atoms. The van der Waals surface area contributed by atoms with Gasteiger partial charge in [-0.25, -0.2) is 5.10 Å². The number of hydrogen-bond acceptors (Lipinski definition) is 5. The number of hydrogen-bond donors (Lipinski definition) is 3. The Balaban J connectivity index is 1.58. The molecule has 8 nitrogen and oxygen atoms in total. The number of aromatic amines is 1. The van der Waals surface area contributed by atoms with Gasteiger partial charge in [-0.2, -0.15) is 5.10 Å². The van der Waals surface area contributed by atoms with Crippen molar-refractivity contribution < 1.29 is 14.3 Å². The van der Waals surface area contributed by atoms with Gasteiger partial charge in [0.05, 0.1) is 5.69 Å². The van der Waals surface area contributed by atoms with Crippen molar-refractivity contribution >= 4 is 17.5 Å². The van der Waals surface area contributed by atoms with Crippen molar-refractivity contribution in [2.75, 3.05) is 11.9 Å². The fraction of sp³-hybridized carbons (Fsp3) is 0.250. The van der Waals surface area contributed by atoms with E-state index >= 15 is 0 Å². The van der Waals surface area contributed by atoms with Gasteiger partial charge in [0.2, 0.25) is 0 Å². The number of benzene rings is 1. The molecule has 1 aromatic heterocycles. The summed E-state index contributed by atoms with van der Waals surface area (Å²) in [6, 6.07) is 8.11. The Hall–Kier alpha value is -3.16. The van der Waals surface area contributed by atoms with E-state index in [1.807, 2.05) is 12.1 Å². The fourth-order valence-electron chi connectivity index (χ4n) is 2.29. The first-order valence-corrected chi connectivity index (χ1v) is 7.47. The lowest BCUT2D eigenvalue weighted by atomic mass is 10.1. The smallest absolute Gasteiger partial charge is 0.271 e. The van der Waals surface area contributed by atoms with Crippen LogP contribution in [0.5, 0.6) is 5.75 Å². The largest absolute Gasteiger partial charge is 0.479 e. The standard InChI is InChI=1S/C16H16N4O4/c1-9-15(22)18-12-8-10(2-4-13(12)24-9)6-7-17-16(23)11-3-5-14(21)20-19-11/h2-5,8-9H,6-7H2,1H3,(H,17,23)(H,18,22)(H,20,21). The van der Waals surface area contributed by atoms with E-state index in [0.29, 0.717) is 24.4 Å². The van der Waals surface area contributed by atoms with Gasteiger partial charge in [-0.1, -0.05) is 6.07 Å². The molecule has 2 amide bonds. The van der Waals surface area contributed by atoms with Gasteiger partial charge in [-0.3, -0.25) is 14.4 Å². The molecule has 124 valence electrons. The molecule has 1 unspecified atom stereocenters. The molecule has 1 aromatic carbocycles. The third-order valence-corrected chi connectivity index (χ3v) is 3.59. The number of nitrogens with one attached hydrogen (secondary N) is 3. The molecule has 0 saturated carbocycles. The van der Waals surface area contributed by atoms with Crippen molar-refractivity contribution in [2.45, 2.75) is 19.4 Å². The highest BCUT2D eigenvalue weighted by atomic mass is 16.5. The van der Waals surface area contributed by atoms with E-state index < -0.39 is 6.10 Å². The molecule has 0 radical (unpaired) electrons. The number of amides is 2. The molecule has 0 saturated heterocycles. The molecular formula is C16H16N4O4. The minimum absolute atomic E-state index is 0.148. The van der Waals surface area contributed by atoms with Gasteiger partial charge in [0.1, 0.15) is 11.4 Å². The first kappa shape index (κ1) is 15.7. The van der Waals surface area contributed by atoms with Gasteiger partial charge in [0.15, 0.2) is 6.10 Å². The van der Waals surface area contributed by atoms with Crippen LogP contribution in [-0.4, -0.2) is 34.7 Å². The van der Waals surface area contributed by atoms with E-state index in [2.05, 4.69) is 20.8 Å². The normalized spacial score (nSPS) is 15.9. The number of anilines is 1. The zero-order valence-electron chi connectivity index (χ0n) is 13.0. The first-order valence-electron chi connectivity index (χ1n) is 7.47. The zero-order chi connectivity index (χ0) is 17.1. The molecule has 2 heterocycles. The number of fused-ring (bicyclic) bond motifs is 1. The van der Waals surface area contributed by atoms with Crippen molar-refractivity contribution in [3.63, 3.8) is 0 Å². The molecule has 1 aliphatic rings. The topological polar surface area (TPSA) is 113 Å². The second-order valence-corrected chi connectivity index (χ2v) is 5.39. The number of ether oxygens (including phenoxy) is 1.